The van der Waals surface area contributed by atoms with Gasteiger partial charge in [0.1, 0.15) is 0 Å². The second-order valence-corrected chi connectivity index (χ2v) is 4.55. The van der Waals surface area contributed by atoms with Gasteiger partial charge in [0.25, 0.3) is 0 Å². The van der Waals surface area contributed by atoms with E-state index in [1.54, 1.807) is 0 Å². The maximum atomic E-state index is 2.34. The van der Waals surface area contributed by atoms with Crippen LogP contribution in [0.1, 0.15) is 45.1 Å². The quantitative estimate of drug-likeness (QED) is 0.662. The highest BCUT2D eigenvalue weighted by atomic mass is 15.1. The van der Waals surface area contributed by atoms with Gasteiger partial charge in [-0.25, -0.2) is 0 Å². The molecule has 0 atom stereocenters. The summed E-state index contributed by atoms with van der Waals surface area (Å²) in [7, 11) is 2.18. The molecule has 0 aliphatic carbocycles. The summed E-state index contributed by atoms with van der Waals surface area (Å²) in [4.78, 5) is 2.34. The van der Waals surface area contributed by atoms with Crippen LogP contribution in [0.4, 0.5) is 5.69 Å². The smallest absolute Gasteiger partial charge is 0.0363 e. The second kappa shape index (κ2) is 7.32. The van der Waals surface area contributed by atoms with Gasteiger partial charge in [0.15, 0.2) is 0 Å². The standard InChI is InChI=1S/C15H25N/c1-4-6-8-14-9-11-15(12-10-14)16(3)13-7-5-2/h9-12H,4-8,13H2,1-3H3. The Kier molecular flexibility index (Phi) is 5.99. The summed E-state index contributed by atoms with van der Waals surface area (Å²) in [6, 6.07) is 9.04. The number of benzene rings is 1. The van der Waals surface area contributed by atoms with Crippen molar-refractivity contribution in [1.29, 1.82) is 0 Å². The van der Waals surface area contributed by atoms with Gasteiger partial charge < -0.3 is 4.90 Å². The van der Waals surface area contributed by atoms with E-state index in [1.165, 1.54) is 43.4 Å². The molecule has 0 amide bonds. The van der Waals surface area contributed by atoms with Gasteiger partial charge in [-0.05, 0) is 37.0 Å². The van der Waals surface area contributed by atoms with Gasteiger partial charge in [0.05, 0.1) is 0 Å². The van der Waals surface area contributed by atoms with E-state index in [4.69, 9.17) is 0 Å². The third-order valence-electron chi connectivity index (χ3n) is 3.04. The molecule has 0 aliphatic heterocycles. The third-order valence-corrected chi connectivity index (χ3v) is 3.04. The number of rotatable bonds is 7. The Morgan fingerprint density at radius 3 is 2.12 bits per heavy atom. The van der Waals surface area contributed by atoms with Crippen molar-refractivity contribution in [3.05, 3.63) is 29.8 Å². The lowest BCUT2D eigenvalue weighted by molar-refractivity contribution is 0.765. The number of nitrogens with zero attached hydrogens (tertiary/aromatic N) is 1. The van der Waals surface area contributed by atoms with Crippen LogP contribution >= 0.6 is 0 Å². The van der Waals surface area contributed by atoms with Crippen molar-refractivity contribution in [1.82, 2.24) is 0 Å². The van der Waals surface area contributed by atoms with Crippen LogP contribution in [0.5, 0.6) is 0 Å². The Labute approximate surface area is 100 Å². The fourth-order valence-corrected chi connectivity index (χ4v) is 1.82. The molecule has 90 valence electrons. The highest BCUT2D eigenvalue weighted by molar-refractivity contribution is 5.46. The van der Waals surface area contributed by atoms with E-state index in [0.717, 1.165) is 6.54 Å². The lowest BCUT2D eigenvalue weighted by Crippen LogP contribution is -2.18. The average molecular weight is 219 g/mol. The first-order valence-corrected chi connectivity index (χ1v) is 6.58. The maximum absolute atomic E-state index is 2.34. The van der Waals surface area contributed by atoms with Crippen molar-refractivity contribution < 1.29 is 0 Å². The molecule has 0 saturated heterocycles. The van der Waals surface area contributed by atoms with Crippen LogP contribution in [-0.2, 0) is 6.42 Å². The van der Waals surface area contributed by atoms with Gasteiger partial charge in [0.2, 0.25) is 0 Å². The lowest BCUT2D eigenvalue weighted by Gasteiger charge is -2.19. The first-order valence-electron chi connectivity index (χ1n) is 6.58. The molecule has 0 unspecified atom stereocenters. The molecule has 0 aliphatic rings. The van der Waals surface area contributed by atoms with Crippen molar-refractivity contribution in [2.24, 2.45) is 0 Å². The Morgan fingerprint density at radius 2 is 1.56 bits per heavy atom. The number of unbranched alkanes of at least 4 members (excludes halogenated alkanes) is 2. The molecule has 0 saturated carbocycles. The van der Waals surface area contributed by atoms with Gasteiger partial charge in [-0.15, -0.1) is 0 Å². The topological polar surface area (TPSA) is 3.24 Å². The minimum Gasteiger partial charge on any atom is -0.375 e. The van der Waals surface area contributed by atoms with E-state index in [9.17, 15) is 0 Å². The first kappa shape index (κ1) is 13.1. The van der Waals surface area contributed by atoms with E-state index in [-0.39, 0.29) is 0 Å². The summed E-state index contributed by atoms with van der Waals surface area (Å²) in [6.45, 7) is 5.64. The van der Waals surface area contributed by atoms with Gasteiger partial charge in [-0.2, -0.15) is 0 Å². The summed E-state index contributed by atoms with van der Waals surface area (Å²) in [5, 5.41) is 0. The fraction of sp³-hybridized carbons (Fsp3) is 0.600. The molecule has 1 nitrogen and oxygen atoms in total. The minimum atomic E-state index is 1.16. The molecular formula is C15H25N. The van der Waals surface area contributed by atoms with E-state index < -0.39 is 0 Å². The molecule has 1 rings (SSSR count). The number of hydrogen-bond donors (Lipinski definition) is 0. The lowest BCUT2D eigenvalue weighted by atomic mass is 10.1. The maximum Gasteiger partial charge on any atom is 0.0363 e. The van der Waals surface area contributed by atoms with Gasteiger partial charge in [-0.1, -0.05) is 38.8 Å². The summed E-state index contributed by atoms with van der Waals surface area (Å²) < 4.78 is 0. The zero-order chi connectivity index (χ0) is 11.8. The third kappa shape index (κ3) is 4.26. The molecule has 1 aromatic rings. The molecular weight excluding hydrogens is 194 g/mol. The molecule has 0 fully saturated rings. The largest absolute Gasteiger partial charge is 0.375 e. The van der Waals surface area contributed by atoms with Gasteiger partial charge >= 0.3 is 0 Å². The fourth-order valence-electron chi connectivity index (χ4n) is 1.82. The van der Waals surface area contributed by atoms with Crippen LogP contribution in [0.2, 0.25) is 0 Å². The van der Waals surface area contributed by atoms with Crippen molar-refractivity contribution in [3.63, 3.8) is 0 Å². The highest BCUT2D eigenvalue weighted by Crippen LogP contribution is 2.15. The molecule has 0 bridgehead atoms. The average Bonchev–Trinajstić information content (AvgIpc) is 2.34. The van der Waals surface area contributed by atoms with Crippen LogP contribution in [0.15, 0.2) is 24.3 Å². The summed E-state index contributed by atoms with van der Waals surface area (Å²) >= 11 is 0. The van der Waals surface area contributed by atoms with E-state index in [2.05, 4.69) is 50.1 Å². The van der Waals surface area contributed by atoms with Crippen LogP contribution in [0, 0.1) is 0 Å². The first-order chi connectivity index (χ1) is 7.77. The molecule has 0 spiro atoms. The Balaban J connectivity index is 2.49. The Hall–Kier alpha value is -0.980. The molecule has 0 heterocycles. The zero-order valence-electron chi connectivity index (χ0n) is 11.0. The predicted octanol–water partition coefficient (Wildman–Crippen LogP) is 4.27. The SMILES string of the molecule is CCCCc1ccc(N(C)CCCC)cc1. The highest BCUT2D eigenvalue weighted by Gasteiger charge is 1.99. The molecule has 1 aromatic carbocycles. The van der Waals surface area contributed by atoms with Crippen molar-refractivity contribution in [2.45, 2.75) is 46.0 Å². The molecule has 0 N–H and O–H groups in total. The van der Waals surface area contributed by atoms with Gasteiger partial charge in [-0.3, -0.25) is 0 Å². The number of aryl methyl sites for hydroxylation is 1. The molecule has 16 heavy (non-hydrogen) atoms. The summed E-state index contributed by atoms with van der Waals surface area (Å²) in [5.41, 5.74) is 2.81. The zero-order valence-corrected chi connectivity index (χ0v) is 11.0. The summed E-state index contributed by atoms with van der Waals surface area (Å²) in [5.74, 6) is 0. The van der Waals surface area contributed by atoms with E-state index in [1.807, 2.05) is 0 Å². The summed E-state index contributed by atoms with van der Waals surface area (Å²) in [6.07, 6.45) is 6.33. The van der Waals surface area contributed by atoms with Crippen molar-refractivity contribution in [3.8, 4) is 0 Å². The second-order valence-electron chi connectivity index (χ2n) is 4.55. The number of anilines is 1. The predicted molar refractivity (Wildman–Crippen MR) is 73.2 cm³/mol. The van der Waals surface area contributed by atoms with E-state index >= 15 is 0 Å². The van der Waals surface area contributed by atoms with Crippen LogP contribution < -0.4 is 4.90 Å². The number of hydrogen-bond acceptors (Lipinski definition) is 1. The van der Waals surface area contributed by atoms with Crippen molar-refractivity contribution in [2.75, 3.05) is 18.5 Å². The monoisotopic (exact) mass is 219 g/mol. The van der Waals surface area contributed by atoms with Crippen LogP contribution in [0.3, 0.4) is 0 Å². The van der Waals surface area contributed by atoms with Gasteiger partial charge in [0, 0.05) is 19.3 Å². The normalized spacial score (nSPS) is 10.4. The Morgan fingerprint density at radius 1 is 0.938 bits per heavy atom. The minimum absolute atomic E-state index is 1.16. The molecule has 1 heteroatoms. The van der Waals surface area contributed by atoms with Crippen molar-refractivity contribution >= 4 is 5.69 Å². The Bertz CT molecular complexity index is 276. The van der Waals surface area contributed by atoms with Crippen LogP contribution in [0.25, 0.3) is 0 Å². The molecule has 0 radical (unpaired) electrons. The van der Waals surface area contributed by atoms with E-state index in [0.29, 0.717) is 0 Å². The molecule has 0 aromatic heterocycles. The van der Waals surface area contributed by atoms with Crippen LogP contribution in [-0.4, -0.2) is 13.6 Å².